The second-order valence-electron chi connectivity index (χ2n) is 3.37. The first kappa shape index (κ1) is 15.5. The van der Waals surface area contributed by atoms with Crippen molar-refractivity contribution in [2.24, 2.45) is 0 Å². The SMILES string of the molecule is C=CCN(C(=O)C(F)(F)F)c1ccc(OC)nc1Br. The number of nitrogens with zero attached hydrogens (tertiary/aromatic N) is 2. The summed E-state index contributed by atoms with van der Waals surface area (Å²) in [6.07, 6.45) is -3.78. The quantitative estimate of drug-likeness (QED) is 0.626. The molecule has 0 saturated carbocycles. The molecular weight excluding hydrogens is 329 g/mol. The van der Waals surface area contributed by atoms with Crippen LogP contribution in [0.25, 0.3) is 0 Å². The van der Waals surface area contributed by atoms with Crippen molar-refractivity contribution in [3.8, 4) is 5.88 Å². The highest BCUT2D eigenvalue weighted by Crippen LogP contribution is 2.30. The summed E-state index contributed by atoms with van der Waals surface area (Å²) in [5.41, 5.74) is -0.0111. The summed E-state index contributed by atoms with van der Waals surface area (Å²) in [5, 5.41) is 0. The van der Waals surface area contributed by atoms with Gasteiger partial charge >= 0.3 is 12.1 Å². The van der Waals surface area contributed by atoms with Crippen molar-refractivity contribution in [2.75, 3.05) is 18.6 Å². The Morgan fingerprint density at radius 3 is 2.63 bits per heavy atom. The first-order chi connectivity index (χ1) is 8.81. The van der Waals surface area contributed by atoms with E-state index < -0.39 is 12.1 Å². The average Bonchev–Trinajstić information content (AvgIpc) is 2.34. The average molecular weight is 339 g/mol. The highest BCUT2D eigenvalue weighted by Gasteiger charge is 2.43. The highest BCUT2D eigenvalue weighted by atomic mass is 79.9. The number of carbonyl (C=O) groups is 1. The number of alkyl halides is 3. The number of anilines is 1. The fourth-order valence-corrected chi connectivity index (χ4v) is 1.82. The Labute approximate surface area is 116 Å². The van der Waals surface area contributed by atoms with Gasteiger partial charge in [-0.25, -0.2) is 4.98 Å². The van der Waals surface area contributed by atoms with Crippen LogP contribution in [0.3, 0.4) is 0 Å². The van der Waals surface area contributed by atoms with Gasteiger partial charge in [-0.1, -0.05) is 6.08 Å². The number of hydrogen-bond acceptors (Lipinski definition) is 3. The lowest BCUT2D eigenvalue weighted by Crippen LogP contribution is -2.41. The Balaban J connectivity index is 3.20. The molecule has 0 aliphatic rings. The fourth-order valence-electron chi connectivity index (χ4n) is 1.30. The Hall–Kier alpha value is -1.57. The van der Waals surface area contributed by atoms with E-state index in [1.54, 1.807) is 0 Å². The first-order valence-corrected chi connectivity index (χ1v) is 5.80. The van der Waals surface area contributed by atoms with Gasteiger partial charge in [-0.15, -0.1) is 6.58 Å². The lowest BCUT2D eigenvalue weighted by atomic mass is 10.3. The Kier molecular flexibility index (Phi) is 4.93. The summed E-state index contributed by atoms with van der Waals surface area (Å²) in [4.78, 5) is 15.7. The van der Waals surface area contributed by atoms with E-state index >= 15 is 0 Å². The Morgan fingerprint density at radius 2 is 2.21 bits per heavy atom. The predicted octanol–water partition coefficient (Wildman–Crippen LogP) is 2.93. The van der Waals surface area contributed by atoms with Gasteiger partial charge in [0.1, 0.15) is 4.60 Å². The van der Waals surface area contributed by atoms with Crippen molar-refractivity contribution in [1.82, 2.24) is 4.98 Å². The zero-order valence-corrected chi connectivity index (χ0v) is 11.5. The number of rotatable bonds is 4. The van der Waals surface area contributed by atoms with Crippen molar-refractivity contribution < 1.29 is 22.7 Å². The van der Waals surface area contributed by atoms with Gasteiger partial charge in [0.25, 0.3) is 0 Å². The summed E-state index contributed by atoms with van der Waals surface area (Å²) < 4.78 is 42.4. The van der Waals surface area contributed by atoms with Crippen LogP contribution in [0.4, 0.5) is 18.9 Å². The molecule has 1 amide bonds. The molecule has 0 radical (unpaired) electrons. The molecule has 0 aliphatic heterocycles. The maximum absolute atomic E-state index is 12.5. The molecule has 104 valence electrons. The monoisotopic (exact) mass is 338 g/mol. The van der Waals surface area contributed by atoms with E-state index in [9.17, 15) is 18.0 Å². The van der Waals surface area contributed by atoms with Gasteiger partial charge in [-0.2, -0.15) is 13.2 Å². The molecule has 0 N–H and O–H groups in total. The molecule has 0 unspecified atom stereocenters. The van der Waals surface area contributed by atoms with Crippen LogP contribution in [0.2, 0.25) is 0 Å². The molecule has 0 saturated heterocycles. The molecular formula is C11H10BrF3N2O2. The first-order valence-electron chi connectivity index (χ1n) is 5.01. The van der Waals surface area contributed by atoms with E-state index in [1.807, 2.05) is 0 Å². The largest absolute Gasteiger partial charge is 0.481 e. The van der Waals surface area contributed by atoms with Crippen molar-refractivity contribution in [1.29, 1.82) is 0 Å². The van der Waals surface area contributed by atoms with E-state index in [-0.39, 0.29) is 22.7 Å². The van der Waals surface area contributed by atoms with Gasteiger partial charge < -0.3 is 4.74 Å². The Morgan fingerprint density at radius 1 is 1.58 bits per heavy atom. The van der Waals surface area contributed by atoms with Crippen LogP contribution in [-0.2, 0) is 4.79 Å². The van der Waals surface area contributed by atoms with Gasteiger partial charge in [0.05, 0.1) is 12.8 Å². The molecule has 1 aromatic heterocycles. The number of hydrogen-bond donors (Lipinski definition) is 0. The number of carbonyl (C=O) groups excluding carboxylic acids is 1. The van der Waals surface area contributed by atoms with Crippen molar-refractivity contribution in [3.05, 3.63) is 29.4 Å². The van der Waals surface area contributed by atoms with Crippen molar-refractivity contribution >= 4 is 27.5 Å². The van der Waals surface area contributed by atoms with E-state index in [0.29, 0.717) is 4.90 Å². The van der Waals surface area contributed by atoms with E-state index in [0.717, 1.165) is 0 Å². The number of halogens is 4. The molecule has 0 aromatic carbocycles. The molecule has 8 heteroatoms. The Bertz CT molecular complexity index is 491. The van der Waals surface area contributed by atoms with Crippen molar-refractivity contribution in [2.45, 2.75) is 6.18 Å². The third-order valence-electron chi connectivity index (χ3n) is 2.10. The van der Waals surface area contributed by atoms with Crippen LogP contribution in [0.15, 0.2) is 29.4 Å². The minimum atomic E-state index is -4.97. The molecule has 1 heterocycles. The number of pyridine rings is 1. The van der Waals surface area contributed by atoms with E-state index in [2.05, 4.69) is 27.5 Å². The third kappa shape index (κ3) is 3.69. The molecule has 1 rings (SSSR count). The topological polar surface area (TPSA) is 42.4 Å². The zero-order valence-electron chi connectivity index (χ0n) is 9.87. The lowest BCUT2D eigenvalue weighted by Gasteiger charge is -2.23. The minimum absolute atomic E-state index is 0.0111. The number of methoxy groups -OCH3 is 1. The van der Waals surface area contributed by atoms with Gasteiger partial charge in [-0.05, 0) is 22.0 Å². The number of ether oxygens (including phenoxy) is 1. The molecule has 0 fully saturated rings. The van der Waals surface area contributed by atoms with E-state index in [1.165, 1.54) is 25.3 Å². The molecule has 0 aliphatic carbocycles. The number of aromatic nitrogens is 1. The van der Waals surface area contributed by atoms with Crippen LogP contribution >= 0.6 is 15.9 Å². The highest BCUT2D eigenvalue weighted by molar-refractivity contribution is 9.10. The molecule has 0 spiro atoms. The predicted molar refractivity (Wildman–Crippen MR) is 67.1 cm³/mol. The summed E-state index contributed by atoms with van der Waals surface area (Å²) in [6, 6.07) is 2.67. The molecule has 0 atom stereocenters. The van der Waals surface area contributed by atoms with Gasteiger partial charge in [-0.3, -0.25) is 9.69 Å². The van der Waals surface area contributed by atoms with Gasteiger partial charge in [0.2, 0.25) is 5.88 Å². The van der Waals surface area contributed by atoms with Crippen LogP contribution in [-0.4, -0.2) is 30.7 Å². The normalized spacial score (nSPS) is 11.0. The lowest BCUT2D eigenvalue weighted by molar-refractivity contribution is -0.170. The zero-order chi connectivity index (χ0) is 14.6. The van der Waals surface area contributed by atoms with E-state index in [4.69, 9.17) is 4.74 Å². The number of amides is 1. The summed E-state index contributed by atoms with van der Waals surface area (Å²) >= 11 is 3.01. The molecule has 0 bridgehead atoms. The van der Waals surface area contributed by atoms with Gasteiger partial charge in [0, 0.05) is 12.6 Å². The van der Waals surface area contributed by atoms with Crippen LogP contribution in [0.5, 0.6) is 5.88 Å². The summed E-state index contributed by atoms with van der Waals surface area (Å²) in [7, 11) is 1.37. The molecule has 19 heavy (non-hydrogen) atoms. The molecule has 4 nitrogen and oxygen atoms in total. The second-order valence-corrected chi connectivity index (χ2v) is 4.12. The van der Waals surface area contributed by atoms with Crippen LogP contribution in [0.1, 0.15) is 0 Å². The molecule has 1 aromatic rings. The summed E-state index contributed by atoms with van der Waals surface area (Å²) in [5.74, 6) is -1.77. The van der Waals surface area contributed by atoms with Crippen LogP contribution < -0.4 is 9.64 Å². The maximum atomic E-state index is 12.5. The fraction of sp³-hybridized carbons (Fsp3) is 0.273. The van der Waals surface area contributed by atoms with Crippen LogP contribution in [0, 0.1) is 0 Å². The maximum Gasteiger partial charge on any atom is 0.471 e. The third-order valence-corrected chi connectivity index (χ3v) is 2.69. The van der Waals surface area contributed by atoms with Crippen molar-refractivity contribution in [3.63, 3.8) is 0 Å². The van der Waals surface area contributed by atoms with Gasteiger partial charge in [0.15, 0.2) is 0 Å². The standard InChI is InChI=1S/C11H10BrF3N2O2/c1-3-6-17(10(18)11(13,14)15)7-4-5-8(19-2)16-9(7)12/h3-5H,1,6H2,2H3. The summed E-state index contributed by atoms with van der Waals surface area (Å²) in [6.45, 7) is 3.05. The second kappa shape index (κ2) is 6.05. The smallest absolute Gasteiger partial charge is 0.471 e. The minimum Gasteiger partial charge on any atom is -0.481 e.